The zero-order chi connectivity index (χ0) is 17.5. The van der Waals surface area contributed by atoms with Crippen LogP contribution in [-0.4, -0.2) is 34.0 Å². The lowest BCUT2D eigenvalue weighted by atomic mass is 10.1. The van der Waals surface area contributed by atoms with E-state index in [0.717, 1.165) is 5.56 Å². The number of rotatable bonds is 7. The molecule has 2 rings (SSSR count). The van der Waals surface area contributed by atoms with E-state index in [2.05, 4.69) is 11.6 Å². The third-order valence-corrected chi connectivity index (χ3v) is 4.34. The van der Waals surface area contributed by atoms with E-state index in [1.54, 1.807) is 41.6 Å². The number of amides is 1. The quantitative estimate of drug-likeness (QED) is 0.762. The number of hydrogen-bond donors (Lipinski definition) is 1. The summed E-state index contributed by atoms with van der Waals surface area (Å²) in [5, 5.41) is 11.3. The summed E-state index contributed by atoms with van der Waals surface area (Å²) in [6.07, 6.45) is 4.24. The summed E-state index contributed by atoms with van der Waals surface area (Å²) >= 11 is 11.9. The summed E-state index contributed by atoms with van der Waals surface area (Å²) in [6, 6.07) is 8.88. The normalized spacial score (nSPS) is 11.8. The molecule has 0 radical (unpaired) electrons. The fourth-order valence-corrected chi connectivity index (χ4v) is 2.59. The number of aliphatic hydroxyl groups is 1. The Morgan fingerprint density at radius 1 is 1.33 bits per heavy atom. The number of aromatic nitrogens is 1. The van der Waals surface area contributed by atoms with Gasteiger partial charge in [-0.15, -0.1) is 0 Å². The highest BCUT2D eigenvalue weighted by Crippen LogP contribution is 2.23. The van der Waals surface area contributed by atoms with E-state index >= 15 is 0 Å². The molecule has 126 valence electrons. The van der Waals surface area contributed by atoms with Gasteiger partial charge in [0.2, 0.25) is 5.91 Å². The van der Waals surface area contributed by atoms with Gasteiger partial charge in [-0.3, -0.25) is 9.78 Å². The molecule has 1 atom stereocenters. The Morgan fingerprint density at radius 3 is 2.75 bits per heavy atom. The average Bonchev–Trinajstić information content (AvgIpc) is 2.61. The lowest BCUT2D eigenvalue weighted by Gasteiger charge is -2.24. The van der Waals surface area contributed by atoms with Gasteiger partial charge in [-0.05, 0) is 36.3 Å². The minimum atomic E-state index is -0.809. The van der Waals surface area contributed by atoms with Crippen LogP contribution in [0.4, 0.5) is 0 Å². The summed E-state index contributed by atoms with van der Waals surface area (Å²) in [6.45, 7) is 4.11. The molecule has 0 bridgehead atoms. The summed E-state index contributed by atoms with van der Waals surface area (Å²) in [5.41, 5.74) is 1.62. The molecular weight excluding hydrogens is 347 g/mol. The monoisotopic (exact) mass is 364 g/mol. The summed E-state index contributed by atoms with van der Waals surface area (Å²) in [7, 11) is 0. The van der Waals surface area contributed by atoms with Crippen molar-refractivity contribution in [2.75, 3.05) is 13.1 Å². The molecular formula is C18H18Cl2N2O2. The van der Waals surface area contributed by atoms with E-state index in [4.69, 9.17) is 23.2 Å². The van der Waals surface area contributed by atoms with Gasteiger partial charge in [0.15, 0.2) is 0 Å². The molecule has 0 saturated carbocycles. The van der Waals surface area contributed by atoms with Crippen LogP contribution in [0.5, 0.6) is 0 Å². The largest absolute Gasteiger partial charge is 0.386 e. The van der Waals surface area contributed by atoms with Gasteiger partial charge in [0.25, 0.3) is 0 Å². The Kier molecular flexibility index (Phi) is 6.79. The Morgan fingerprint density at radius 2 is 2.12 bits per heavy atom. The van der Waals surface area contributed by atoms with Crippen molar-refractivity contribution in [1.82, 2.24) is 9.88 Å². The highest BCUT2D eigenvalue weighted by molar-refractivity contribution is 6.42. The van der Waals surface area contributed by atoms with E-state index in [1.807, 2.05) is 6.07 Å². The predicted octanol–water partition coefficient (Wildman–Crippen LogP) is 3.68. The zero-order valence-electron chi connectivity index (χ0n) is 13.0. The van der Waals surface area contributed by atoms with Crippen molar-refractivity contribution in [1.29, 1.82) is 0 Å². The van der Waals surface area contributed by atoms with Crippen LogP contribution in [0.1, 0.15) is 17.2 Å². The number of pyridine rings is 1. The maximum absolute atomic E-state index is 12.1. The van der Waals surface area contributed by atoms with E-state index in [0.29, 0.717) is 28.6 Å². The molecule has 0 spiro atoms. The molecule has 6 heteroatoms. The maximum Gasteiger partial charge on any atom is 0.246 e. The molecule has 1 aromatic heterocycles. The summed E-state index contributed by atoms with van der Waals surface area (Å²) in [5.74, 6) is -0.238. The molecule has 0 aliphatic carbocycles. The molecule has 0 aliphatic heterocycles. The maximum atomic E-state index is 12.1. The van der Waals surface area contributed by atoms with Crippen LogP contribution in [0.25, 0.3) is 0 Å². The van der Waals surface area contributed by atoms with Crippen molar-refractivity contribution in [2.24, 2.45) is 0 Å². The Hall–Kier alpha value is -1.88. The third kappa shape index (κ3) is 5.06. The molecule has 1 unspecified atom stereocenters. The standard InChI is InChI=1S/C18H18Cl2N2O2/c1-2-18(24)22(12-17(23)14-4-3-8-21-11-14)9-7-13-5-6-15(19)16(20)10-13/h2-6,8,10-11,17,23H,1,7,9,12H2. The predicted molar refractivity (Wildman–Crippen MR) is 96.1 cm³/mol. The molecule has 0 saturated heterocycles. The lowest BCUT2D eigenvalue weighted by Crippen LogP contribution is -2.35. The van der Waals surface area contributed by atoms with Gasteiger partial charge < -0.3 is 10.0 Å². The fraction of sp³-hybridized carbons (Fsp3) is 0.222. The molecule has 1 heterocycles. The van der Waals surface area contributed by atoms with Gasteiger partial charge in [-0.25, -0.2) is 0 Å². The minimum Gasteiger partial charge on any atom is -0.386 e. The molecule has 2 aromatic rings. The number of nitrogens with zero attached hydrogens (tertiary/aromatic N) is 2. The fourth-order valence-electron chi connectivity index (χ4n) is 2.27. The van der Waals surface area contributed by atoms with Crippen LogP contribution in [-0.2, 0) is 11.2 Å². The summed E-state index contributed by atoms with van der Waals surface area (Å²) in [4.78, 5) is 17.6. The van der Waals surface area contributed by atoms with Crippen molar-refractivity contribution >= 4 is 29.1 Å². The summed E-state index contributed by atoms with van der Waals surface area (Å²) < 4.78 is 0. The first-order chi connectivity index (χ1) is 11.5. The van der Waals surface area contributed by atoms with Crippen LogP contribution in [0.15, 0.2) is 55.4 Å². The Bertz CT molecular complexity index is 707. The second-order valence-electron chi connectivity index (χ2n) is 5.29. The van der Waals surface area contributed by atoms with Crippen molar-refractivity contribution in [3.63, 3.8) is 0 Å². The lowest BCUT2D eigenvalue weighted by molar-refractivity contribution is -0.127. The molecule has 24 heavy (non-hydrogen) atoms. The van der Waals surface area contributed by atoms with Crippen LogP contribution in [0.2, 0.25) is 10.0 Å². The van der Waals surface area contributed by atoms with E-state index in [1.165, 1.54) is 6.08 Å². The number of benzene rings is 1. The number of hydrogen-bond acceptors (Lipinski definition) is 3. The SMILES string of the molecule is C=CC(=O)N(CCc1ccc(Cl)c(Cl)c1)CC(O)c1cccnc1. The highest BCUT2D eigenvalue weighted by Gasteiger charge is 2.17. The van der Waals surface area contributed by atoms with E-state index in [9.17, 15) is 9.90 Å². The van der Waals surface area contributed by atoms with Gasteiger partial charge in [-0.2, -0.15) is 0 Å². The molecule has 0 aliphatic rings. The topological polar surface area (TPSA) is 53.4 Å². The molecule has 4 nitrogen and oxygen atoms in total. The van der Waals surface area contributed by atoms with Gasteiger partial charge in [0, 0.05) is 24.5 Å². The number of carbonyl (C=O) groups is 1. The third-order valence-electron chi connectivity index (χ3n) is 3.60. The van der Waals surface area contributed by atoms with Crippen LogP contribution >= 0.6 is 23.2 Å². The van der Waals surface area contributed by atoms with Gasteiger partial charge in [0.05, 0.1) is 22.7 Å². The van der Waals surface area contributed by atoms with Crippen LogP contribution in [0.3, 0.4) is 0 Å². The first-order valence-electron chi connectivity index (χ1n) is 7.44. The van der Waals surface area contributed by atoms with Gasteiger partial charge in [0.1, 0.15) is 0 Å². The second kappa shape index (κ2) is 8.83. The molecule has 1 N–H and O–H groups in total. The van der Waals surface area contributed by atoms with Crippen molar-refractivity contribution < 1.29 is 9.90 Å². The highest BCUT2D eigenvalue weighted by atomic mass is 35.5. The van der Waals surface area contributed by atoms with Crippen molar-refractivity contribution in [3.8, 4) is 0 Å². The van der Waals surface area contributed by atoms with Crippen molar-refractivity contribution in [3.05, 3.63) is 76.6 Å². The molecule has 1 amide bonds. The minimum absolute atomic E-state index is 0.165. The van der Waals surface area contributed by atoms with Gasteiger partial charge in [-0.1, -0.05) is 41.9 Å². The number of aliphatic hydroxyl groups excluding tert-OH is 1. The zero-order valence-corrected chi connectivity index (χ0v) is 14.5. The second-order valence-corrected chi connectivity index (χ2v) is 6.10. The molecule has 0 fully saturated rings. The molecule has 1 aromatic carbocycles. The Labute approximate surface area is 151 Å². The first kappa shape index (κ1) is 18.5. The first-order valence-corrected chi connectivity index (χ1v) is 8.20. The van der Waals surface area contributed by atoms with E-state index < -0.39 is 6.10 Å². The van der Waals surface area contributed by atoms with Crippen molar-refractivity contribution in [2.45, 2.75) is 12.5 Å². The van der Waals surface area contributed by atoms with Crippen LogP contribution in [0, 0.1) is 0 Å². The van der Waals surface area contributed by atoms with E-state index in [-0.39, 0.29) is 12.5 Å². The smallest absolute Gasteiger partial charge is 0.246 e. The average molecular weight is 365 g/mol. The van der Waals surface area contributed by atoms with Gasteiger partial charge >= 0.3 is 0 Å². The van der Waals surface area contributed by atoms with Crippen LogP contribution < -0.4 is 0 Å². The Balaban J connectivity index is 2.04. The number of halogens is 2. The number of carbonyl (C=O) groups excluding carboxylic acids is 1.